The summed E-state index contributed by atoms with van der Waals surface area (Å²) in [5.41, 5.74) is 2.64. The smallest absolute Gasteiger partial charge is 0.252 e. The Kier molecular flexibility index (Phi) is 6.17. The van der Waals surface area contributed by atoms with Crippen LogP contribution in [0.5, 0.6) is 0 Å². The molecular weight excluding hydrogens is 350 g/mol. The fourth-order valence-corrected chi connectivity index (χ4v) is 2.76. The molecule has 0 aliphatic carbocycles. The Labute approximate surface area is 163 Å². The molecular formula is C23H19N3O2. The number of carbonyl (C=O) groups excluding carboxylic acids is 2. The molecule has 2 N–H and O–H groups in total. The number of carbonyl (C=O) groups is 2. The summed E-state index contributed by atoms with van der Waals surface area (Å²) in [6, 6.07) is 26.2. The van der Waals surface area contributed by atoms with E-state index in [1.807, 2.05) is 24.3 Å². The fraction of sp³-hybridized carbons (Fsp3) is 0.0870. The maximum absolute atomic E-state index is 12.9. The molecule has 2 amide bonds. The Morgan fingerprint density at radius 2 is 1.46 bits per heavy atom. The van der Waals surface area contributed by atoms with Gasteiger partial charge in [0.1, 0.15) is 6.04 Å². The zero-order valence-electron chi connectivity index (χ0n) is 15.1. The van der Waals surface area contributed by atoms with Crippen LogP contribution in [0.3, 0.4) is 0 Å². The highest BCUT2D eigenvalue weighted by Gasteiger charge is 2.23. The highest BCUT2D eigenvalue weighted by molar-refractivity contribution is 6.01. The van der Waals surface area contributed by atoms with Crippen molar-refractivity contribution in [2.45, 2.75) is 12.5 Å². The lowest BCUT2D eigenvalue weighted by Gasteiger charge is -2.19. The van der Waals surface area contributed by atoms with Crippen LogP contribution in [-0.4, -0.2) is 11.8 Å². The molecule has 0 fully saturated rings. The van der Waals surface area contributed by atoms with Crippen molar-refractivity contribution in [3.63, 3.8) is 0 Å². The summed E-state index contributed by atoms with van der Waals surface area (Å²) >= 11 is 0. The molecule has 3 aromatic carbocycles. The summed E-state index contributed by atoms with van der Waals surface area (Å²) in [4.78, 5) is 25.5. The van der Waals surface area contributed by atoms with Crippen molar-refractivity contribution < 1.29 is 9.59 Å². The van der Waals surface area contributed by atoms with Crippen molar-refractivity contribution in [3.05, 3.63) is 102 Å². The number of nitrogens with one attached hydrogen (secondary N) is 2. The Morgan fingerprint density at radius 3 is 2.07 bits per heavy atom. The van der Waals surface area contributed by atoms with Gasteiger partial charge in [0.15, 0.2) is 0 Å². The molecule has 5 nitrogen and oxygen atoms in total. The molecule has 3 aromatic rings. The van der Waals surface area contributed by atoms with Gasteiger partial charge in [0.2, 0.25) is 0 Å². The Bertz CT molecular complexity index is 978. The summed E-state index contributed by atoms with van der Waals surface area (Å²) < 4.78 is 0. The molecule has 0 aliphatic heterocycles. The molecule has 0 heterocycles. The third-order valence-corrected chi connectivity index (χ3v) is 4.21. The van der Waals surface area contributed by atoms with Gasteiger partial charge < -0.3 is 10.6 Å². The minimum absolute atomic E-state index is 0.313. The third-order valence-electron chi connectivity index (χ3n) is 4.21. The average molecular weight is 369 g/mol. The van der Waals surface area contributed by atoms with Crippen molar-refractivity contribution in [2.75, 3.05) is 5.32 Å². The summed E-state index contributed by atoms with van der Waals surface area (Å²) in [7, 11) is 0. The van der Waals surface area contributed by atoms with Crippen LogP contribution >= 0.6 is 0 Å². The number of hydrogen-bond donors (Lipinski definition) is 2. The van der Waals surface area contributed by atoms with Gasteiger partial charge in [0, 0.05) is 11.3 Å². The highest BCUT2D eigenvalue weighted by atomic mass is 16.2. The number of amides is 2. The largest absolute Gasteiger partial charge is 0.336 e. The summed E-state index contributed by atoms with van der Waals surface area (Å²) in [6.45, 7) is 0. The maximum Gasteiger partial charge on any atom is 0.252 e. The van der Waals surface area contributed by atoms with E-state index < -0.39 is 6.04 Å². The molecule has 1 unspecified atom stereocenters. The van der Waals surface area contributed by atoms with Crippen LogP contribution in [0.25, 0.3) is 0 Å². The van der Waals surface area contributed by atoms with E-state index in [1.165, 1.54) is 0 Å². The Balaban J connectivity index is 1.79. The van der Waals surface area contributed by atoms with Crippen LogP contribution in [0.4, 0.5) is 5.69 Å². The molecule has 0 aliphatic rings. The van der Waals surface area contributed by atoms with Gasteiger partial charge in [0.25, 0.3) is 11.8 Å². The van der Waals surface area contributed by atoms with E-state index in [0.29, 0.717) is 23.2 Å². The monoisotopic (exact) mass is 369 g/mol. The lowest BCUT2D eigenvalue weighted by molar-refractivity contribution is -0.118. The summed E-state index contributed by atoms with van der Waals surface area (Å²) in [5.74, 6) is -0.669. The van der Waals surface area contributed by atoms with Crippen LogP contribution in [0.1, 0.15) is 27.5 Å². The standard InChI is InChI=1S/C23H19N3O2/c24-16-15-17-11-13-20(14-12-17)25-23(28)21(18-7-3-1-4-8-18)26-22(27)19-9-5-2-6-10-19/h1-14,21H,15H2,(H,25,28)(H,26,27). The summed E-state index contributed by atoms with van der Waals surface area (Å²) in [5, 5.41) is 14.4. The van der Waals surface area contributed by atoms with E-state index in [4.69, 9.17) is 5.26 Å². The van der Waals surface area contributed by atoms with Gasteiger partial charge in [-0.3, -0.25) is 9.59 Å². The van der Waals surface area contributed by atoms with E-state index in [2.05, 4.69) is 16.7 Å². The van der Waals surface area contributed by atoms with Crippen LogP contribution in [0.15, 0.2) is 84.9 Å². The SMILES string of the molecule is N#CCc1ccc(NC(=O)C(NC(=O)c2ccccc2)c2ccccc2)cc1. The molecule has 5 heteroatoms. The molecule has 0 radical (unpaired) electrons. The number of nitrogens with zero attached hydrogens (tertiary/aromatic N) is 1. The van der Waals surface area contributed by atoms with Gasteiger partial charge in [-0.15, -0.1) is 0 Å². The number of benzene rings is 3. The molecule has 3 rings (SSSR count). The number of hydrogen-bond acceptors (Lipinski definition) is 3. The van der Waals surface area contributed by atoms with Gasteiger partial charge in [-0.2, -0.15) is 5.26 Å². The van der Waals surface area contributed by atoms with Crippen molar-refractivity contribution in [1.82, 2.24) is 5.32 Å². The molecule has 0 saturated heterocycles. The first-order valence-electron chi connectivity index (χ1n) is 8.85. The Morgan fingerprint density at radius 1 is 0.857 bits per heavy atom. The second kappa shape index (κ2) is 9.15. The van der Waals surface area contributed by atoms with Crippen molar-refractivity contribution in [2.24, 2.45) is 0 Å². The van der Waals surface area contributed by atoms with Gasteiger partial charge >= 0.3 is 0 Å². The molecule has 1 atom stereocenters. The van der Waals surface area contributed by atoms with Gasteiger partial charge in [-0.1, -0.05) is 60.7 Å². The predicted molar refractivity (Wildman–Crippen MR) is 107 cm³/mol. The minimum Gasteiger partial charge on any atom is -0.336 e. The lowest BCUT2D eigenvalue weighted by Crippen LogP contribution is -2.37. The van der Waals surface area contributed by atoms with E-state index in [0.717, 1.165) is 5.56 Å². The molecule has 0 saturated carbocycles. The second-order valence-corrected chi connectivity index (χ2v) is 6.20. The molecule has 28 heavy (non-hydrogen) atoms. The van der Waals surface area contributed by atoms with Crippen molar-refractivity contribution in [3.8, 4) is 6.07 Å². The average Bonchev–Trinajstić information content (AvgIpc) is 2.74. The van der Waals surface area contributed by atoms with Crippen LogP contribution in [0, 0.1) is 11.3 Å². The third kappa shape index (κ3) is 4.83. The van der Waals surface area contributed by atoms with Gasteiger partial charge in [0.05, 0.1) is 12.5 Å². The van der Waals surface area contributed by atoms with Crippen molar-refractivity contribution >= 4 is 17.5 Å². The summed E-state index contributed by atoms with van der Waals surface area (Å²) in [6.07, 6.45) is 0.313. The molecule has 0 aromatic heterocycles. The normalized spacial score (nSPS) is 11.1. The fourth-order valence-electron chi connectivity index (χ4n) is 2.76. The Hall–Kier alpha value is -3.91. The molecule has 0 bridgehead atoms. The number of rotatable bonds is 6. The first-order chi connectivity index (χ1) is 13.7. The van der Waals surface area contributed by atoms with Gasteiger partial charge in [-0.05, 0) is 35.4 Å². The zero-order valence-corrected chi connectivity index (χ0v) is 15.1. The van der Waals surface area contributed by atoms with Gasteiger partial charge in [-0.25, -0.2) is 0 Å². The lowest BCUT2D eigenvalue weighted by atomic mass is 10.0. The van der Waals surface area contributed by atoms with Crippen LogP contribution in [0.2, 0.25) is 0 Å². The first kappa shape index (κ1) is 18.9. The zero-order chi connectivity index (χ0) is 19.8. The van der Waals surface area contributed by atoms with Crippen molar-refractivity contribution in [1.29, 1.82) is 5.26 Å². The van der Waals surface area contributed by atoms with E-state index >= 15 is 0 Å². The number of nitriles is 1. The highest BCUT2D eigenvalue weighted by Crippen LogP contribution is 2.18. The van der Waals surface area contributed by atoms with E-state index in [-0.39, 0.29) is 11.8 Å². The van der Waals surface area contributed by atoms with Crippen LogP contribution < -0.4 is 10.6 Å². The predicted octanol–water partition coefficient (Wildman–Crippen LogP) is 3.86. The first-order valence-corrected chi connectivity index (χ1v) is 8.85. The molecule has 0 spiro atoms. The molecule has 138 valence electrons. The maximum atomic E-state index is 12.9. The number of anilines is 1. The minimum atomic E-state index is -0.840. The van der Waals surface area contributed by atoms with E-state index in [1.54, 1.807) is 60.7 Å². The quantitative estimate of drug-likeness (QED) is 0.692. The topological polar surface area (TPSA) is 82.0 Å². The second-order valence-electron chi connectivity index (χ2n) is 6.20. The van der Waals surface area contributed by atoms with E-state index in [9.17, 15) is 9.59 Å². The van der Waals surface area contributed by atoms with Crippen LogP contribution in [-0.2, 0) is 11.2 Å².